The van der Waals surface area contributed by atoms with Gasteiger partial charge in [-0.3, -0.25) is 4.79 Å². The van der Waals surface area contributed by atoms with E-state index in [9.17, 15) is 9.18 Å². The number of amides is 1. The van der Waals surface area contributed by atoms with E-state index in [-0.39, 0.29) is 23.7 Å². The fourth-order valence-electron chi connectivity index (χ4n) is 2.63. The van der Waals surface area contributed by atoms with Crippen molar-refractivity contribution >= 4 is 5.91 Å². The van der Waals surface area contributed by atoms with E-state index >= 15 is 0 Å². The normalized spacial score (nSPS) is 22.7. The van der Waals surface area contributed by atoms with Crippen molar-refractivity contribution < 1.29 is 13.9 Å². The van der Waals surface area contributed by atoms with Crippen molar-refractivity contribution in [3.63, 3.8) is 0 Å². The average Bonchev–Trinajstić information content (AvgIpc) is 2.39. The molecule has 0 unspecified atom stereocenters. The second-order valence-corrected chi connectivity index (χ2v) is 5.23. The van der Waals surface area contributed by atoms with Gasteiger partial charge in [-0.15, -0.1) is 0 Å². The van der Waals surface area contributed by atoms with Crippen molar-refractivity contribution in [2.75, 3.05) is 19.7 Å². The van der Waals surface area contributed by atoms with Crippen LogP contribution in [0.3, 0.4) is 0 Å². The lowest BCUT2D eigenvalue weighted by molar-refractivity contribution is 0.0668. The third-order valence-electron chi connectivity index (χ3n) is 3.33. The van der Waals surface area contributed by atoms with Crippen molar-refractivity contribution in [1.82, 2.24) is 10.2 Å². The highest BCUT2D eigenvalue weighted by Gasteiger charge is 2.28. The van der Waals surface area contributed by atoms with Gasteiger partial charge in [0.25, 0.3) is 5.91 Å². The van der Waals surface area contributed by atoms with Gasteiger partial charge in [-0.1, -0.05) is 6.07 Å². The van der Waals surface area contributed by atoms with Gasteiger partial charge in [0.2, 0.25) is 0 Å². The SMILES string of the molecule is CCOc1c(F)cccc1C(=O)N1C[C@@H](C)N[C@@H](C)C1. The number of para-hydroxylation sites is 1. The summed E-state index contributed by atoms with van der Waals surface area (Å²) in [6, 6.07) is 4.93. The van der Waals surface area contributed by atoms with Crippen molar-refractivity contribution in [2.24, 2.45) is 0 Å². The van der Waals surface area contributed by atoms with Crippen LogP contribution in [-0.2, 0) is 0 Å². The monoisotopic (exact) mass is 280 g/mol. The summed E-state index contributed by atoms with van der Waals surface area (Å²) in [6.45, 7) is 7.40. The Kier molecular flexibility index (Phi) is 4.60. The maximum Gasteiger partial charge on any atom is 0.257 e. The highest BCUT2D eigenvalue weighted by atomic mass is 19.1. The maximum atomic E-state index is 13.8. The van der Waals surface area contributed by atoms with Crippen LogP contribution in [0.25, 0.3) is 0 Å². The number of nitrogens with zero attached hydrogens (tertiary/aromatic N) is 1. The fraction of sp³-hybridized carbons (Fsp3) is 0.533. The molecule has 2 atom stereocenters. The molecule has 0 bridgehead atoms. The molecule has 1 fully saturated rings. The Bertz CT molecular complexity index is 483. The van der Waals surface area contributed by atoms with Crippen LogP contribution in [0.4, 0.5) is 4.39 Å². The number of hydrogen-bond acceptors (Lipinski definition) is 3. The van der Waals surface area contributed by atoms with Gasteiger partial charge in [-0.2, -0.15) is 0 Å². The van der Waals surface area contributed by atoms with Crippen LogP contribution in [0.2, 0.25) is 0 Å². The molecule has 0 saturated carbocycles. The van der Waals surface area contributed by atoms with Gasteiger partial charge in [0, 0.05) is 25.2 Å². The first-order valence-corrected chi connectivity index (χ1v) is 6.99. The molecule has 4 nitrogen and oxygen atoms in total. The second kappa shape index (κ2) is 6.22. The van der Waals surface area contributed by atoms with E-state index in [1.54, 1.807) is 24.0 Å². The minimum Gasteiger partial charge on any atom is -0.490 e. The lowest BCUT2D eigenvalue weighted by Crippen LogP contribution is -2.55. The molecule has 0 radical (unpaired) electrons. The first kappa shape index (κ1) is 14.8. The largest absolute Gasteiger partial charge is 0.490 e. The summed E-state index contributed by atoms with van der Waals surface area (Å²) in [5, 5.41) is 3.37. The van der Waals surface area contributed by atoms with Crippen LogP contribution < -0.4 is 10.1 Å². The van der Waals surface area contributed by atoms with E-state index in [0.29, 0.717) is 25.3 Å². The van der Waals surface area contributed by atoms with Gasteiger partial charge < -0.3 is 15.0 Å². The fourth-order valence-corrected chi connectivity index (χ4v) is 2.63. The van der Waals surface area contributed by atoms with Crippen LogP contribution in [0.5, 0.6) is 5.75 Å². The van der Waals surface area contributed by atoms with Gasteiger partial charge in [0.15, 0.2) is 11.6 Å². The van der Waals surface area contributed by atoms with Crippen molar-refractivity contribution in [3.8, 4) is 5.75 Å². The third kappa shape index (κ3) is 3.10. The van der Waals surface area contributed by atoms with E-state index in [1.165, 1.54) is 6.07 Å². The zero-order valence-corrected chi connectivity index (χ0v) is 12.1. The molecule has 1 saturated heterocycles. The highest BCUT2D eigenvalue weighted by molar-refractivity contribution is 5.97. The van der Waals surface area contributed by atoms with Gasteiger partial charge in [-0.05, 0) is 32.9 Å². The molecular formula is C15H21FN2O2. The Hall–Kier alpha value is -1.62. The number of halogens is 1. The summed E-state index contributed by atoms with van der Waals surface area (Å²) in [5.74, 6) is -0.610. The number of ether oxygens (including phenoxy) is 1. The molecule has 1 aliphatic rings. The highest BCUT2D eigenvalue weighted by Crippen LogP contribution is 2.25. The molecular weight excluding hydrogens is 259 g/mol. The Labute approximate surface area is 118 Å². The predicted molar refractivity (Wildman–Crippen MR) is 75.5 cm³/mol. The zero-order valence-electron chi connectivity index (χ0n) is 12.1. The molecule has 0 spiro atoms. The van der Waals surface area contributed by atoms with Crippen LogP contribution >= 0.6 is 0 Å². The molecule has 1 aromatic carbocycles. The Morgan fingerprint density at radius 2 is 2.05 bits per heavy atom. The molecule has 1 heterocycles. The molecule has 5 heteroatoms. The quantitative estimate of drug-likeness (QED) is 0.921. The third-order valence-corrected chi connectivity index (χ3v) is 3.33. The van der Waals surface area contributed by atoms with Crippen molar-refractivity contribution in [3.05, 3.63) is 29.6 Å². The molecule has 110 valence electrons. The molecule has 1 aliphatic heterocycles. The molecule has 0 aliphatic carbocycles. The van der Waals surface area contributed by atoms with Gasteiger partial charge in [0.05, 0.1) is 12.2 Å². The average molecular weight is 280 g/mol. The molecule has 0 aromatic heterocycles. The molecule has 20 heavy (non-hydrogen) atoms. The van der Waals surface area contributed by atoms with Gasteiger partial charge in [0.1, 0.15) is 0 Å². The number of hydrogen-bond donors (Lipinski definition) is 1. The number of benzene rings is 1. The van der Waals surface area contributed by atoms with E-state index < -0.39 is 5.82 Å². The standard InChI is InChI=1S/C15H21FN2O2/c1-4-20-14-12(6-5-7-13(14)16)15(19)18-8-10(2)17-11(3)9-18/h5-7,10-11,17H,4,8-9H2,1-3H3/t10-,11+. The number of carbonyl (C=O) groups is 1. The number of carbonyl (C=O) groups excluding carboxylic acids is 1. The lowest BCUT2D eigenvalue weighted by atomic mass is 10.1. The summed E-state index contributed by atoms with van der Waals surface area (Å²) in [4.78, 5) is 14.3. The van der Waals surface area contributed by atoms with Crippen LogP contribution in [0.1, 0.15) is 31.1 Å². The minimum atomic E-state index is -0.492. The second-order valence-electron chi connectivity index (χ2n) is 5.23. The number of rotatable bonds is 3. The molecule has 1 aromatic rings. The van der Waals surface area contributed by atoms with Crippen LogP contribution in [0, 0.1) is 5.82 Å². The number of nitrogens with one attached hydrogen (secondary N) is 1. The minimum absolute atomic E-state index is 0.0545. The Morgan fingerprint density at radius 1 is 1.40 bits per heavy atom. The first-order valence-electron chi connectivity index (χ1n) is 6.99. The smallest absolute Gasteiger partial charge is 0.257 e. The zero-order chi connectivity index (χ0) is 14.7. The molecule has 1 N–H and O–H groups in total. The van der Waals surface area contributed by atoms with E-state index in [2.05, 4.69) is 5.32 Å². The van der Waals surface area contributed by atoms with E-state index in [1.807, 2.05) is 13.8 Å². The summed E-state index contributed by atoms with van der Waals surface area (Å²) in [5.41, 5.74) is 0.299. The lowest BCUT2D eigenvalue weighted by Gasteiger charge is -2.36. The van der Waals surface area contributed by atoms with Gasteiger partial charge >= 0.3 is 0 Å². The molecule has 2 rings (SSSR count). The van der Waals surface area contributed by atoms with Gasteiger partial charge in [-0.25, -0.2) is 4.39 Å². The first-order chi connectivity index (χ1) is 9.52. The van der Waals surface area contributed by atoms with E-state index in [4.69, 9.17) is 4.74 Å². The topological polar surface area (TPSA) is 41.6 Å². The van der Waals surface area contributed by atoms with Crippen LogP contribution in [0.15, 0.2) is 18.2 Å². The predicted octanol–water partition coefficient (Wildman–Crippen LogP) is 2.05. The summed E-state index contributed by atoms with van der Waals surface area (Å²) >= 11 is 0. The summed E-state index contributed by atoms with van der Waals surface area (Å²) in [7, 11) is 0. The molecule has 1 amide bonds. The Balaban J connectivity index is 2.26. The van der Waals surface area contributed by atoms with E-state index in [0.717, 1.165) is 0 Å². The van der Waals surface area contributed by atoms with Crippen molar-refractivity contribution in [2.45, 2.75) is 32.9 Å². The van der Waals surface area contributed by atoms with Crippen molar-refractivity contribution in [1.29, 1.82) is 0 Å². The Morgan fingerprint density at radius 3 is 2.65 bits per heavy atom. The number of piperazine rings is 1. The summed E-state index contributed by atoms with van der Waals surface area (Å²) in [6.07, 6.45) is 0. The van der Waals surface area contributed by atoms with Crippen LogP contribution in [-0.4, -0.2) is 42.6 Å². The summed E-state index contributed by atoms with van der Waals surface area (Å²) < 4.78 is 19.1. The maximum absolute atomic E-state index is 13.8.